The average molecular weight is 511 g/mol. The lowest BCUT2D eigenvalue weighted by molar-refractivity contribution is -0.309. The van der Waals surface area contributed by atoms with Crippen LogP contribution >= 0.6 is 0 Å². The van der Waals surface area contributed by atoms with Crippen LogP contribution in [0, 0.1) is 28.1 Å². The van der Waals surface area contributed by atoms with Gasteiger partial charge in [-0.05, 0) is 54.8 Å². The largest absolute Gasteiger partial charge is 0.467 e. The van der Waals surface area contributed by atoms with Crippen molar-refractivity contribution >= 4 is 5.97 Å². The second-order valence-corrected chi connectivity index (χ2v) is 12.2. The molecule has 9 heteroatoms. The van der Waals surface area contributed by atoms with Crippen molar-refractivity contribution in [2.75, 3.05) is 13.7 Å². The maximum Gasteiger partial charge on any atom is 0.337 e. The highest BCUT2D eigenvalue weighted by Crippen LogP contribution is 2.63. The summed E-state index contributed by atoms with van der Waals surface area (Å²) in [5.41, 5.74) is 0.261. The maximum absolute atomic E-state index is 12.0. The van der Waals surface area contributed by atoms with E-state index >= 15 is 0 Å². The topological polar surface area (TPSA) is 146 Å². The zero-order chi connectivity index (χ0) is 26.6. The number of allylic oxidation sites excluding steroid dienone is 3. The summed E-state index contributed by atoms with van der Waals surface area (Å²) in [4.78, 5) is 12.0. The van der Waals surface area contributed by atoms with Crippen molar-refractivity contribution in [1.29, 1.82) is 0 Å². The molecule has 3 fully saturated rings. The number of hydrogen-bond acceptors (Lipinski definition) is 9. The summed E-state index contributed by atoms with van der Waals surface area (Å²) < 4.78 is 16.1. The van der Waals surface area contributed by atoms with Gasteiger partial charge in [-0.3, -0.25) is 0 Å². The molecule has 1 aliphatic heterocycles. The molecular formula is C27H42O9. The fourth-order valence-corrected chi connectivity index (χ4v) is 7.52. The highest BCUT2D eigenvalue weighted by atomic mass is 16.7. The smallest absolute Gasteiger partial charge is 0.337 e. The molecule has 12 atom stereocenters. The Hall–Kier alpha value is -1.33. The fourth-order valence-electron chi connectivity index (χ4n) is 7.52. The van der Waals surface area contributed by atoms with Crippen molar-refractivity contribution < 1.29 is 44.5 Å². The molecule has 36 heavy (non-hydrogen) atoms. The lowest BCUT2D eigenvalue weighted by atomic mass is 9.44. The summed E-state index contributed by atoms with van der Waals surface area (Å²) in [6.07, 6.45) is -1.57. The Morgan fingerprint density at radius 3 is 2.50 bits per heavy atom. The van der Waals surface area contributed by atoms with E-state index in [0.29, 0.717) is 12.8 Å². The third-order valence-electron chi connectivity index (χ3n) is 9.81. The summed E-state index contributed by atoms with van der Waals surface area (Å²) >= 11 is 0. The quantitative estimate of drug-likeness (QED) is 0.271. The Balaban J connectivity index is 1.58. The number of carbonyl (C=O) groups is 1. The van der Waals surface area contributed by atoms with E-state index in [1.165, 1.54) is 5.57 Å². The van der Waals surface area contributed by atoms with Crippen LogP contribution in [0.4, 0.5) is 0 Å². The van der Waals surface area contributed by atoms with Gasteiger partial charge in [0.15, 0.2) is 12.4 Å². The Morgan fingerprint density at radius 1 is 1.17 bits per heavy atom. The van der Waals surface area contributed by atoms with Crippen molar-refractivity contribution in [3.8, 4) is 0 Å². The number of hydrogen-bond donors (Lipinski definition) is 5. The number of aliphatic hydroxyl groups is 5. The van der Waals surface area contributed by atoms with Gasteiger partial charge in [0.2, 0.25) is 0 Å². The van der Waals surface area contributed by atoms with E-state index < -0.39 is 54.3 Å². The zero-order valence-corrected chi connectivity index (χ0v) is 21.7. The van der Waals surface area contributed by atoms with Crippen molar-refractivity contribution in [3.63, 3.8) is 0 Å². The molecule has 9 nitrogen and oxygen atoms in total. The van der Waals surface area contributed by atoms with Gasteiger partial charge >= 0.3 is 5.97 Å². The van der Waals surface area contributed by atoms with Gasteiger partial charge in [0, 0.05) is 5.41 Å². The minimum absolute atomic E-state index is 0.0297. The molecule has 1 unspecified atom stereocenters. The molecule has 0 bridgehead atoms. The molecular weight excluding hydrogens is 468 g/mol. The van der Waals surface area contributed by atoms with Crippen LogP contribution in [-0.2, 0) is 19.0 Å². The predicted molar refractivity (Wildman–Crippen MR) is 129 cm³/mol. The fraction of sp³-hybridized carbons (Fsp3) is 0.815. The van der Waals surface area contributed by atoms with Crippen LogP contribution in [-0.4, -0.2) is 88.1 Å². The summed E-state index contributed by atoms with van der Waals surface area (Å²) in [7, 11) is 1.13. The lowest BCUT2D eigenvalue weighted by Gasteiger charge is -2.62. The van der Waals surface area contributed by atoms with Gasteiger partial charge in [-0.15, -0.1) is 6.58 Å². The molecule has 2 saturated carbocycles. The maximum atomic E-state index is 12.0. The summed E-state index contributed by atoms with van der Waals surface area (Å²) in [5.74, 6) is -0.663. The summed E-state index contributed by atoms with van der Waals surface area (Å²) in [5, 5.41) is 53.1. The van der Waals surface area contributed by atoms with Gasteiger partial charge < -0.3 is 39.7 Å². The molecule has 0 radical (unpaired) electrons. The number of aliphatic hydroxyl groups excluding tert-OH is 5. The second-order valence-electron chi connectivity index (χ2n) is 12.2. The first-order valence-electron chi connectivity index (χ1n) is 12.9. The van der Waals surface area contributed by atoms with Gasteiger partial charge in [-0.1, -0.05) is 38.5 Å². The summed E-state index contributed by atoms with van der Waals surface area (Å²) in [6.45, 7) is 10.2. The average Bonchev–Trinajstić information content (AvgIpc) is 2.85. The minimum atomic E-state index is -1.69. The van der Waals surface area contributed by atoms with E-state index in [2.05, 4.69) is 31.2 Å². The Bertz CT molecular complexity index is 890. The Morgan fingerprint density at radius 2 is 1.86 bits per heavy atom. The van der Waals surface area contributed by atoms with Gasteiger partial charge in [0.05, 0.1) is 25.9 Å². The number of esters is 1. The molecule has 0 spiro atoms. The number of fused-ring (bicyclic) bond motifs is 3. The molecule has 0 aromatic rings. The van der Waals surface area contributed by atoms with E-state index in [1.807, 2.05) is 13.0 Å². The third-order valence-corrected chi connectivity index (χ3v) is 9.81. The Kier molecular flexibility index (Phi) is 7.51. The van der Waals surface area contributed by atoms with Crippen LogP contribution < -0.4 is 0 Å². The van der Waals surface area contributed by atoms with E-state index in [0.717, 1.165) is 26.4 Å². The molecule has 4 aliphatic rings. The van der Waals surface area contributed by atoms with Gasteiger partial charge in [0.1, 0.15) is 18.3 Å². The SMILES string of the molecule is C=C[C@@]1(C)CCC2C(=CC[C@H]3[C@@](C)(CO[C@@H]4O[C@H](C(=O)OC)[C@@H](O)[C@@H](O)[C@@H]4O)[C@@H](O)[C@H](O)C[C@]23C)C1. The molecule has 4 rings (SSSR count). The molecule has 0 aromatic carbocycles. The molecule has 1 saturated heterocycles. The van der Waals surface area contributed by atoms with Crippen molar-refractivity contribution in [1.82, 2.24) is 0 Å². The third kappa shape index (κ3) is 4.36. The van der Waals surface area contributed by atoms with Gasteiger partial charge in [-0.2, -0.15) is 0 Å². The van der Waals surface area contributed by atoms with Crippen molar-refractivity contribution in [2.24, 2.45) is 28.1 Å². The zero-order valence-electron chi connectivity index (χ0n) is 21.7. The molecule has 0 amide bonds. The van der Waals surface area contributed by atoms with Gasteiger partial charge in [0.25, 0.3) is 0 Å². The van der Waals surface area contributed by atoms with Crippen LogP contribution in [0.15, 0.2) is 24.3 Å². The number of rotatable bonds is 5. The normalized spacial score (nSPS) is 50.9. The first-order chi connectivity index (χ1) is 16.8. The number of carbonyl (C=O) groups excluding carboxylic acids is 1. The predicted octanol–water partition coefficient (Wildman–Crippen LogP) is 1.06. The van der Waals surface area contributed by atoms with Crippen molar-refractivity contribution in [2.45, 2.75) is 95.8 Å². The first-order valence-corrected chi connectivity index (χ1v) is 12.9. The van der Waals surface area contributed by atoms with Crippen LogP contribution in [0.5, 0.6) is 0 Å². The molecule has 204 valence electrons. The lowest BCUT2D eigenvalue weighted by Crippen LogP contribution is -2.64. The minimum Gasteiger partial charge on any atom is -0.467 e. The highest BCUT2D eigenvalue weighted by molar-refractivity contribution is 5.75. The standard InChI is InChI=1S/C27H42O9/c1-6-25(2)10-9-15-14(11-25)7-8-17-26(15,3)12-16(28)22(32)27(17,4)13-35-24-20(31)18(29)19(30)21(36-24)23(33)34-5/h6-7,15-22,24,28-32H,1,8-13H2,2-5H3/t15?,16-,17-,18-,19+,20+,21+,22+,24-,25+,26-,27-/m1/s1. The monoisotopic (exact) mass is 510 g/mol. The van der Waals surface area contributed by atoms with Crippen LogP contribution in [0.3, 0.4) is 0 Å². The molecule has 0 aromatic heterocycles. The molecule has 5 N–H and O–H groups in total. The van der Waals surface area contributed by atoms with Gasteiger partial charge in [-0.25, -0.2) is 4.79 Å². The second kappa shape index (κ2) is 9.76. The first kappa shape index (κ1) is 27.7. The van der Waals surface area contributed by atoms with Crippen molar-refractivity contribution in [3.05, 3.63) is 24.3 Å². The van der Waals surface area contributed by atoms with E-state index in [-0.39, 0.29) is 29.3 Å². The number of methoxy groups -OCH3 is 1. The molecule has 1 heterocycles. The highest BCUT2D eigenvalue weighted by Gasteiger charge is 2.61. The molecule has 3 aliphatic carbocycles. The Labute approximate surface area is 212 Å². The van der Waals surface area contributed by atoms with Crippen LogP contribution in [0.25, 0.3) is 0 Å². The van der Waals surface area contributed by atoms with Crippen LogP contribution in [0.1, 0.15) is 52.9 Å². The van der Waals surface area contributed by atoms with Crippen LogP contribution in [0.2, 0.25) is 0 Å². The van der Waals surface area contributed by atoms with E-state index in [9.17, 15) is 30.3 Å². The van der Waals surface area contributed by atoms with E-state index in [4.69, 9.17) is 9.47 Å². The number of ether oxygens (including phenoxy) is 3. The summed E-state index contributed by atoms with van der Waals surface area (Å²) in [6, 6.07) is 0. The van der Waals surface area contributed by atoms with E-state index in [1.54, 1.807) is 0 Å².